The number of anilines is 1. The molecule has 1 aromatic heterocycles. The number of amides is 1. The second-order valence-electron chi connectivity index (χ2n) is 10.0. The molecule has 2 aromatic rings. The lowest BCUT2D eigenvalue weighted by Crippen LogP contribution is -2.42. The van der Waals surface area contributed by atoms with Gasteiger partial charge >= 0.3 is 0 Å². The van der Waals surface area contributed by atoms with Gasteiger partial charge in [-0.3, -0.25) is 19.4 Å². The van der Waals surface area contributed by atoms with Crippen molar-refractivity contribution >= 4 is 23.2 Å². The van der Waals surface area contributed by atoms with Crippen LogP contribution in [0.15, 0.2) is 16.9 Å². The van der Waals surface area contributed by atoms with E-state index in [4.69, 9.17) is 11.6 Å². The van der Waals surface area contributed by atoms with E-state index < -0.39 is 0 Å². The molecule has 1 aromatic carbocycles. The Morgan fingerprint density at radius 1 is 1.21 bits per heavy atom. The van der Waals surface area contributed by atoms with Crippen LogP contribution < -0.4 is 15.8 Å². The number of aryl methyl sites for hydroxylation is 1. The van der Waals surface area contributed by atoms with Gasteiger partial charge in [-0.1, -0.05) is 25.4 Å². The third kappa shape index (κ3) is 5.52. The molecule has 0 saturated heterocycles. The van der Waals surface area contributed by atoms with E-state index in [2.05, 4.69) is 41.2 Å². The summed E-state index contributed by atoms with van der Waals surface area (Å²) in [6.07, 6.45) is 4.59. The van der Waals surface area contributed by atoms with Crippen LogP contribution in [0.1, 0.15) is 79.6 Å². The van der Waals surface area contributed by atoms with Crippen LogP contribution in [0, 0.1) is 6.92 Å². The van der Waals surface area contributed by atoms with Gasteiger partial charge in [-0.2, -0.15) is 0 Å². The highest BCUT2D eigenvalue weighted by molar-refractivity contribution is 6.31. The van der Waals surface area contributed by atoms with E-state index in [0.29, 0.717) is 28.2 Å². The molecule has 1 fully saturated rings. The van der Waals surface area contributed by atoms with Crippen molar-refractivity contribution in [2.45, 2.75) is 77.9 Å². The molecule has 0 bridgehead atoms. The number of hydrogen-bond acceptors (Lipinski definition) is 4. The fourth-order valence-corrected chi connectivity index (χ4v) is 5.45. The summed E-state index contributed by atoms with van der Waals surface area (Å²) in [4.78, 5) is 30.5. The van der Waals surface area contributed by atoms with Gasteiger partial charge < -0.3 is 15.1 Å². The highest BCUT2D eigenvalue weighted by Gasteiger charge is 2.28. The normalized spacial score (nSPS) is 18.5. The maximum absolute atomic E-state index is 13.2. The minimum atomic E-state index is -0.216. The molecule has 8 heteroatoms. The number of carbonyl (C=O) groups excluding carboxylic acids is 1. The molecule has 0 atom stereocenters. The Labute approximate surface area is 208 Å². The minimum absolute atomic E-state index is 0.113. The second kappa shape index (κ2) is 11.0. The Hall–Kier alpha value is -2.25. The largest absolute Gasteiger partial charge is 0.369 e. The van der Waals surface area contributed by atoms with Gasteiger partial charge in [-0.05, 0) is 77.2 Å². The van der Waals surface area contributed by atoms with Gasteiger partial charge in [0.2, 0.25) is 0 Å². The second-order valence-corrected chi connectivity index (χ2v) is 10.5. The van der Waals surface area contributed by atoms with Gasteiger partial charge in [0.15, 0.2) is 0 Å². The fourth-order valence-electron chi connectivity index (χ4n) is 5.24. The summed E-state index contributed by atoms with van der Waals surface area (Å²) in [6, 6.07) is 4.78. The summed E-state index contributed by atoms with van der Waals surface area (Å²) in [6.45, 7) is 9.23. The Balaban J connectivity index is 1.82. The van der Waals surface area contributed by atoms with Crippen LogP contribution in [0.3, 0.4) is 0 Å². The molecule has 7 nitrogen and oxygen atoms in total. The summed E-state index contributed by atoms with van der Waals surface area (Å²) < 4.78 is 1.46. The first-order valence-corrected chi connectivity index (χ1v) is 12.7. The van der Waals surface area contributed by atoms with Gasteiger partial charge in [0.25, 0.3) is 11.5 Å². The Bertz CT molecular complexity index is 1060. The number of hydrogen-bond donors (Lipinski definition) is 2. The molecule has 1 amide bonds. The van der Waals surface area contributed by atoms with Crippen molar-refractivity contribution in [1.82, 2.24) is 20.0 Å². The van der Waals surface area contributed by atoms with Gasteiger partial charge in [0.1, 0.15) is 0 Å². The SMILES string of the molecule is CCN(c1cc(Cl)cc(C(=O)NCc2c(C(C)C)[nH]n(C)c2=O)c1C)C1CCC(N(C)C)CC1. The quantitative estimate of drug-likeness (QED) is 0.575. The van der Waals surface area contributed by atoms with Crippen LogP contribution in [0.25, 0.3) is 0 Å². The lowest BCUT2D eigenvalue weighted by Gasteiger charge is -2.40. The summed E-state index contributed by atoms with van der Waals surface area (Å²) in [5.74, 6) is -0.0624. The number of benzene rings is 1. The molecule has 1 aliphatic rings. The van der Waals surface area contributed by atoms with Crippen LogP contribution in [-0.2, 0) is 13.6 Å². The fraction of sp³-hybridized carbons (Fsp3) is 0.615. The van der Waals surface area contributed by atoms with Crippen LogP contribution >= 0.6 is 11.6 Å². The van der Waals surface area contributed by atoms with E-state index in [0.717, 1.165) is 36.3 Å². The van der Waals surface area contributed by atoms with E-state index in [9.17, 15) is 9.59 Å². The molecule has 188 valence electrons. The molecule has 0 unspecified atom stereocenters. The van der Waals surface area contributed by atoms with Crippen LogP contribution in [-0.4, -0.2) is 53.3 Å². The van der Waals surface area contributed by atoms with E-state index in [1.54, 1.807) is 13.1 Å². The van der Waals surface area contributed by atoms with E-state index >= 15 is 0 Å². The molecule has 2 N–H and O–H groups in total. The number of halogens is 1. The maximum atomic E-state index is 13.2. The Kier molecular flexibility index (Phi) is 8.52. The summed E-state index contributed by atoms with van der Waals surface area (Å²) >= 11 is 6.51. The molecule has 3 rings (SSSR count). The van der Waals surface area contributed by atoms with Crippen LogP contribution in [0.2, 0.25) is 5.02 Å². The van der Waals surface area contributed by atoms with Gasteiger partial charge in [0.05, 0.1) is 12.1 Å². The number of rotatable bonds is 8. The maximum Gasteiger partial charge on any atom is 0.271 e. The third-order valence-electron chi connectivity index (χ3n) is 7.26. The highest BCUT2D eigenvalue weighted by atomic mass is 35.5. The number of aromatic nitrogens is 2. The molecule has 0 radical (unpaired) electrons. The van der Waals surface area contributed by atoms with Crippen molar-refractivity contribution in [3.63, 3.8) is 0 Å². The zero-order valence-electron chi connectivity index (χ0n) is 21.7. The summed E-state index contributed by atoms with van der Waals surface area (Å²) in [5.41, 5.74) is 3.83. The van der Waals surface area contributed by atoms with Crippen molar-refractivity contribution in [2.24, 2.45) is 7.05 Å². The lowest BCUT2D eigenvalue weighted by atomic mass is 9.89. The number of aromatic amines is 1. The van der Waals surface area contributed by atoms with E-state index in [1.807, 2.05) is 26.8 Å². The third-order valence-corrected chi connectivity index (χ3v) is 7.47. The molecule has 0 aliphatic heterocycles. The molecular weight excluding hydrogens is 450 g/mol. The molecule has 0 spiro atoms. The van der Waals surface area contributed by atoms with Crippen molar-refractivity contribution < 1.29 is 4.79 Å². The zero-order chi connectivity index (χ0) is 25.2. The van der Waals surface area contributed by atoms with E-state index in [1.165, 1.54) is 17.5 Å². The van der Waals surface area contributed by atoms with Crippen molar-refractivity contribution in [1.29, 1.82) is 0 Å². The summed E-state index contributed by atoms with van der Waals surface area (Å²) in [7, 11) is 6.00. The van der Waals surface area contributed by atoms with Gasteiger partial charge in [0, 0.05) is 47.6 Å². The lowest BCUT2D eigenvalue weighted by molar-refractivity contribution is 0.0950. The molecule has 34 heavy (non-hydrogen) atoms. The number of nitrogens with one attached hydrogen (secondary N) is 2. The van der Waals surface area contributed by atoms with Gasteiger partial charge in [-0.15, -0.1) is 0 Å². The predicted molar refractivity (Wildman–Crippen MR) is 140 cm³/mol. The number of nitrogens with zero attached hydrogens (tertiary/aromatic N) is 3. The van der Waals surface area contributed by atoms with Crippen molar-refractivity contribution in [3.05, 3.63) is 49.9 Å². The number of H-pyrrole nitrogens is 1. The molecule has 1 aliphatic carbocycles. The molecule has 1 heterocycles. The predicted octanol–water partition coefficient (Wildman–Crippen LogP) is 4.43. The van der Waals surface area contributed by atoms with Gasteiger partial charge in [-0.25, -0.2) is 0 Å². The Morgan fingerprint density at radius 2 is 1.82 bits per heavy atom. The monoisotopic (exact) mass is 489 g/mol. The van der Waals surface area contributed by atoms with Crippen LogP contribution in [0.5, 0.6) is 0 Å². The first-order chi connectivity index (χ1) is 16.0. The van der Waals surface area contributed by atoms with Crippen LogP contribution in [0.4, 0.5) is 5.69 Å². The molecular formula is C26H40ClN5O2. The highest BCUT2D eigenvalue weighted by Crippen LogP contribution is 2.34. The average Bonchev–Trinajstić information content (AvgIpc) is 3.09. The van der Waals surface area contributed by atoms with E-state index in [-0.39, 0.29) is 23.9 Å². The Morgan fingerprint density at radius 3 is 2.38 bits per heavy atom. The molecule has 1 saturated carbocycles. The van der Waals surface area contributed by atoms with Crippen molar-refractivity contribution in [3.8, 4) is 0 Å². The first kappa shape index (κ1) is 26.4. The number of carbonyl (C=O) groups is 1. The first-order valence-electron chi connectivity index (χ1n) is 12.3. The minimum Gasteiger partial charge on any atom is -0.369 e. The smallest absolute Gasteiger partial charge is 0.271 e. The zero-order valence-corrected chi connectivity index (χ0v) is 22.4. The standard InChI is InChI=1S/C26H40ClN5O2/c1-8-32(20-11-9-19(10-12-20)30(5)6)23-14-18(27)13-21(17(23)4)25(33)28-15-22-24(16(2)3)29-31(7)26(22)34/h13-14,16,19-20,29H,8-12,15H2,1-7H3,(H,28,33). The average molecular weight is 490 g/mol. The van der Waals surface area contributed by atoms with Crippen molar-refractivity contribution in [2.75, 3.05) is 25.5 Å². The topological polar surface area (TPSA) is 73.4 Å². The summed E-state index contributed by atoms with van der Waals surface area (Å²) in [5, 5.41) is 6.60.